The number of hydrogen-bond acceptors (Lipinski definition) is 3. The third-order valence-corrected chi connectivity index (χ3v) is 2.90. The smallest absolute Gasteiger partial charge is 0.119 e. The Bertz CT molecular complexity index is 341. The molecule has 0 amide bonds. The van der Waals surface area contributed by atoms with E-state index in [4.69, 9.17) is 4.74 Å². The normalized spacial score (nSPS) is 19.2. The van der Waals surface area contributed by atoms with E-state index >= 15 is 0 Å². The summed E-state index contributed by atoms with van der Waals surface area (Å²) in [5.41, 5.74) is 0.640. The van der Waals surface area contributed by atoms with Crippen LogP contribution in [0.5, 0.6) is 5.75 Å². The van der Waals surface area contributed by atoms with Crippen molar-refractivity contribution in [3.8, 4) is 5.75 Å². The number of benzene rings is 1. The van der Waals surface area contributed by atoms with Gasteiger partial charge in [-0.15, -0.1) is 0 Å². The van der Waals surface area contributed by atoms with Crippen LogP contribution in [0.1, 0.15) is 12.5 Å². The molecule has 0 unspecified atom stereocenters. The molecule has 0 aromatic heterocycles. The first-order valence-electron chi connectivity index (χ1n) is 5.74. The first-order chi connectivity index (χ1) is 7.61. The van der Waals surface area contributed by atoms with E-state index in [0.717, 1.165) is 25.3 Å². The number of rotatable bonds is 4. The third-order valence-electron chi connectivity index (χ3n) is 2.90. The number of hydrogen-bond donors (Lipinski definition) is 1. The predicted octanol–water partition coefficient (Wildman–Crippen LogP) is 1.30. The molecule has 0 aliphatic carbocycles. The van der Waals surface area contributed by atoms with Crippen LogP contribution in [0.3, 0.4) is 0 Å². The first kappa shape index (κ1) is 11.4. The van der Waals surface area contributed by atoms with Gasteiger partial charge in [0, 0.05) is 19.5 Å². The molecule has 0 saturated carbocycles. The molecule has 0 bridgehead atoms. The number of aliphatic hydroxyl groups is 1. The zero-order valence-electron chi connectivity index (χ0n) is 9.94. The molecule has 3 nitrogen and oxygen atoms in total. The first-order valence-corrected chi connectivity index (χ1v) is 5.74. The highest BCUT2D eigenvalue weighted by Gasteiger charge is 2.38. The summed E-state index contributed by atoms with van der Waals surface area (Å²) in [6, 6.07) is 7.98. The summed E-state index contributed by atoms with van der Waals surface area (Å²) in [5, 5.41) is 10.1. The molecule has 3 heteroatoms. The third kappa shape index (κ3) is 2.54. The zero-order valence-corrected chi connectivity index (χ0v) is 9.94. The van der Waals surface area contributed by atoms with Crippen LogP contribution in [0.2, 0.25) is 0 Å². The molecular formula is C13H19NO2. The van der Waals surface area contributed by atoms with E-state index in [1.165, 1.54) is 5.56 Å². The van der Waals surface area contributed by atoms with Gasteiger partial charge in [0.25, 0.3) is 0 Å². The number of ether oxygens (including phenoxy) is 1. The van der Waals surface area contributed by atoms with Crippen molar-refractivity contribution in [2.75, 3.05) is 26.7 Å². The quantitative estimate of drug-likeness (QED) is 0.832. The molecule has 0 radical (unpaired) electrons. The summed E-state index contributed by atoms with van der Waals surface area (Å²) < 4.78 is 5.38. The van der Waals surface area contributed by atoms with Gasteiger partial charge in [0.1, 0.15) is 5.75 Å². The van der Waals surface area contributed by atoms with E-state index in [-0.39, 0.29) is 0 Å². The highest BCUT2D eigenvalue weighted by Crippen LogP contribution is 2.24. The van der Waals surface area contributed by atoms with Gasteiger partial charge in [0.2, 0.25) is 0 Å². The largest absolute Gasteiger partial charge is 0.494 e. The summed E-state index contributed by atoms with van der Waals surface area (Å²) in [6.07, 6.45) is 0.726. The molecule has 2 rings (SSSR count). The predicted molar refractivity (Wildman–Crippen MR) is 63.8 cm³/mol. The summed E-state index contributed by atoms with van der Waals surface area (Å²) in [4.78, 5) is 2.12. The fourth-order valence-corrected chi connectivity index (χ4v) is 2.32. The Morgan fingerprint density at radius 2 is 1.94 bits per heavy atom. The van der Waals surface area contributed by atoms with Crippen molar-refractivity contribution in [1.29, 1.82) is 0 Å². The second kappa shape index (κ2) is 4.44. The minimum atomic E-state index is -0.526. The Morgan fingerprint density at radius 1 is 1.31 bits per heavy atom. The summed E-state index contributed by atoms with van der Waals surface area (Å²) in [7, 11) is 2.02. The molecule has 1 aliphatic heterocycles. The van der Waals surface area contributed by atoms with Gasteiger partial charge in [-0.3, -0.25) is 0 Å². The van der Waals surface area contributed by atoms with E-state index in [2.05, 4.69) is 4.90 Å². The number of likely N-dealkylation sites (N-methyl/N-ethyl adjacent to an activating group) is 1. The minimum Gasteiger partial charge on any atom is -0.494 e. The van der Waals surface area contributed by atoms with Crippen LogP contribution in [-0.2, 0) is 6.42 Å². The second-order valence-corrected chi connectivity index (χ2v) is 4.65. The fourth-order valence-electron chi connectivity index (χ4n) is 2.32. The van der Waals surface area contributed by atoms with Gasteiger partial charge in [-0.05, 0) is 31.7 Å². The number of likely N-dealkylation sites (tertiary alicyclic amines) is 1. The molecule has 1 aromatic rings. The van der Waals surface area contributed by atoms with Crippen LogP contribution >= 0.6 is 0 Å². The standard InChI is InChI=1S/C13H19NO2/c1-3-16-12-6-4-11(5-7-12)8-13(15)9-14(2)10-13/h4-7,15H,3,8-10H2,1-2H3. The maximum Gasteiger partial charge on any atom is 0.119 e. The van der Waals surface area contributed by atoms with E-state index in [0.29, 0.717) is 6.61 Å². The molecule has 1 saturated heterocycles. The molecule has 1 heterocycles. The summed E-state index contributed by atoms with van der Waals surface area (Å²) in [6.45, 7) is 4.19. The van der Waals surface area contributed by atoms with Crippen molar-refractivity contribution < 1.29 is 9.84 Å². The lowest BCUT2D eigenvalue weighted by Crippen LogP contribution is -2.61. The van der Waals surface area contributed by atoms with Crippen molar-refractivity contribution in [2.45, 2.75) is 18.9 Å². The SMILES string of the molecule is CCOc1ccc(CC2(O)CN(C)C2)cc1. The molecule has 1 aliphatic rings. The summed E-state index contributed by atoms with van der Waals surface area (Å²) >= 11 is 0. The molecule has 1 N–H and O–H groups in total. The maximum atomic E-state index is 10.1. The van der Waals surface area contributed by atoms with Crippen molar-refractivity contribution >= 4 is 0 Å². The van der Waals surface area contributed by atoms with Gasteiger partial charge in [-0.2, -0.15) is 0 Å². The van der Waals surface area contributed by atoms with Crippen LogP contribution in [0.4, 0.5) is 0 Å². The fraction of sp³-hybridized carbons (Fsp3) is 0.538. The Morgan fingerprint density at radius 3 is 2.44 bits per heavy atom. The van der Waals surface area contributed by atoms with E-state index in [1.54, 1.807) is 0 Å². The van der Waals surface area contributed by atoms with Gasteiger partial charge in [-0.25, -0.2) is 0 Å². The second-order valence-electron chi connectivity index (χ2n) is 4.65. The summed E-state index contributed by atoms with van der Waals surface area (Å²) in [5.74, 6) is 0.893. The van der Waals surface area contributed by atoms with Crippen LogP contribution in [-0.4, -0.2) is 42.4 Å². The molecule has 1 aromatic carbocycles. The van der Waals surface area contributed by atoms with E-state index in [1.807, 2.05) is 38.2 Å². The van der Waals surface area contributed by atoms with Gasteiger partial charge >= 0.3 is 0 Å². The van der Waals surface area contributed by atoms with Crippen molar-refractivity contribution in [2.24, 2.45) is 0 Å². The highest BCUT2D eigenvalue weighted by molar-refractivity contribution is 5.28. The Hall–Kier alpha value is -1.06. The lowest BCUT2D eigenvalue weighted by molar-refractivity contribution is -0.0847. The van der Waals surface area contributed by atoms with Gasteiger partial charge in [-0.1, -0.05) is 12.1 Å². The topological polar surface area (TPSA) is 32.7 Å². The lowest BCUT2D eigenvalue weighted by atomic mass is 9.88. The Kier molecular flexibility index (Phi) is 3.17. The van der Waals surface area contributed by atoms with Gasteiger partial charge in [0.05, 0.1) is 12.2 Å². The maximum absolute atomic E-state index is 10.1. The average Bonchev–Trinajstić information content (AvgIpc) is 2.19. The van der Waals surface area contributed by atoms with Crippen molar-refractivity contribution in [1.82, 2.24) is 4.90 Å². The van der Waals surface area contributed by atoms with E-state index < -0.39 is 5.60 Å². The Labute approximate surface area is 96.6 Å². The van der Waals surface area contributed by atoms with Crippen molar-refractivity contribution in [3.63, 3.8) is 0 Å². The van der Waals surface area contributed by atoms with Crippen molar-refractivity contribution in [3.05, 3.63) is 29.8 Å². The van der Waals surface area contributed by atoms with E-state index in [9.17, 15) is 5.11 Å². The molecule has 88 valence electrons. The van der Waals surface area contributed by atoms with Gasteiger partial charge < -0.3 is 14.7 Å². The monoisotopic (exact) mass is 221 g/mol. The number of β-amino-alcohol motifs (C(OH)–C–C–N with tert-alkyl or cyclic N) is 1. The molecule has 1 fully saturated rings. The number of nitrogens with zero attached hydrogens (tertiary/aromatic N) is 1. The average molecular weight is 221 g/mol. The molecule has 16 heavy (non-hydrogen) atoms. The van der Waals surface area contributed by atoms with Crippen LogP contribution in [0, 0.1) is 0 Å². The highest BCUT2D eigenvalue weighted by atomic mass is 16.5. The van der Waals surface area contributed by atoms with Gasteiger partial charge in [0.15, 0.2) is 0 Å². The zero-order chi connectivity index (χ0) is 11.6. The molecule has 0 spiro atoms. The molecular weight excluding hydrogens is 202 g/mol. The Balaban J connectivity index is 1.95. The lowest BCUT2D eigenvalue weighted by Gasteiger charge is -2.44. The molecule has 0 atom stereocenters. The van der Waals surface area contributed by atoms with Crippen LogP contribution in [0.25, 0.3) is 0 Å². The van der Waals surface area contributed by atoms with Crippen LogP contribution < -0.4 is 4.74 Å². The minimum absolute atomic E-state index is 0.526. The van der Waals surface area contributed by atoms with Crippen LogP contribution in [0.15, 0.2) is 24.3 Å².